The Morgan fingerprint density at radius 2 is 0.800 bits per heavy atom. The van der Waals surface area contributed by atoms with Crippen molar-refractivity contribution >= 4 is 19.5 Å². The van der Waals surface area contributed by atoms with Crippen molar-refractivity contribution in [2.75, 3.05) is 0 Å². The van der Waals surface area contributed by atoms with E-state index in [1.54, 1.807) is 0 Å². The van der Waals surface area contributed by atoms with Gasteiger partial charge in [-0.1, -0.05) is 41.5 Å². The van der Waals surface area contributed by atoms with E-state index in [0.29, 0.717) is 0 Å². The zero-order chi connectivity index (χ0) is 15.5. The van der Waals surface area contributed by atoms with E-state index in [9.17, 15) is 0 Å². The van der Waals surface area contributed by atoms with Gasteiger partial charge in [0.25, 0.3) is 0 Å². The van der Waals surface area contributed by atoms with Crippen molar-refractivity contribution in [1.82, 2.24) is 0 Å². The molecule has 20 heavy (non-hydrogen) atoms. The van der Waals surface area contributed by atoms with Gasteiger partial charge in [-0.3, -0.25) is 0 Å². The second-order valence-electron chi connectivity index (χ2n) is 5.89. The molecule has 0 bridgehead atoms. The van der Waals surface area contributed by atoms with Crippen LogP contribution in [0.1, 0.15) is 80.1 Å². The second kappa shape index (κ2) is 11.0. The molecule has 0 heterocycles. The number of hydrogen-bond donors (Lipinski definition) is 0. The van der Waals surface area contributed by atoms with Gasteiger partial charge >= 0.3 is 0 Å². The lowest BCUT2D eigenvalue weighted by atomic mass is 9.95. The van der Waals surface area contributed by atoms with Crippen molar-refractivity contribution in [3.8, 4) is 0 Å². The molecule has 0 aliphatic heterocycles. The summed E-state index contributed by atoms with van der Waals surface area (Å²) in [6.07, 6.45) is 6.95. The zero-order valence-electron chi connectivity index (χ0n) is 14.9. The summed E-state index contributed by atoms with van der Waals surface area (Å²) in [6.45, 7) is 13.6. The molecule has 0 fully saturated rings. The van der Waals surface area contributed by atoms with Gasteiger partial charge in [0.15, 0.2) is 19.5 Å². The van der Waals surface area contributed by atoms with Crippen molar-refractivity contribution in [2.24, 2.45) is 0 Å². The van der Waals surface area contributed by atoms with Gasteiger partial charge in [-0.05, 0) is 50.6 Å². The minimum absolute atomic E-state index is 0.189. The molecule has 0 saturated heterocycles. The largest absolute Gasteiger partial charge is 0.419 e. The van der Waals surface area contributed by atoms with Gasteiger partial charge in [-0.2, -0.15) is 0 Å². The summed E-state index contributed by atoms with van der Waals surface area (Å²) >= 11 is 0. The minimum atomic E-state index is -0.354. The van der Waals surface area contributed by atoms with Gasteiger partial charge < -0.3 is 8.85 Å². The van der Waals surface area contributed by atoms with Gasteiger partial charge in [-0.15, -0.1) is 0 Å². The van der Waals surface area contributed by atoms with Crippen LogP contribution in [0.2, 0.25) is 12.1 Å². The molecule has 0 N–H and O–H groups in total. The Morgan fingerprint density at radius 3 is 1.00 bits per heavy atom. The highest BCUT2D eigenvalue weighted by Crippen LogP contribution is 2.25. The predicted octanol–water partition coefficient (Wildman–Crippen LogP) is 3.96. The van der Waals surface area contributed by atoms with Crippen LogP contribution in [-0.2, 0) is 8.85 Å². The fourth-order valence-electron chi connectivity index (χ4n) is 2.89. The normalized spacial score (nSPS) is 14.1. The van der Waals surface area contributed by atoms with Crippen LogP contribution in [0.3, 0.4) is 0 Å². The molecule has 2 nitrogen and oxygen atoms in total. The maximum absolute atomic E-state index is 6.29. The Labute approximate surface area is 132 Å². The molecule has 0 aliphatic rings. The summed E-state index contributed by atoms with van der Waals surface area (Å²) in [5, 5.41) is 0. The Bertz CT molecular complexity index is 186. The van der Waals surface area contributed by atoms with Crippen LogP contribution in [0.15, 0.2) is 0 Å². The van der Waals surface area contributed by atoms with Crippen LogP contribution in [-0.4, -0.2) is 30.7 Å². The van der Waals surface area contributed by atoms with E-state index < -0.39 is 0 Å². The summed E-state index contributed by atoms with van der Waals surface area (Å²) < 4.78 is 12.6. The van der Waals surface area contributed by atoms with E-state index in [2.05, 4.69) is 41.5 Å². The van der Waals surface area contributed by atoms with Gasteiger partial charge in [0, 0.05) is 0 Å². The van der Waals surface area contributed by atoms with Gasteiger partial charge in [0.2, 0.25) is 0 Å². The third kappa shape index (κ3) is 6.41. The van der Waals surface area contributed by atoms with E-state index >= 15 is 0 Å². The fourth-order valence-corrected chi connectivity index (χ4v) is 6.91. The first-order valence-corrected chi connectivity index (χ1v) is 12.0. The molecule has 0 unspecified atom stereocenters. The summed E-state index contributed by atoms with van der Waals surface area (Å²) in [6, 6.07) is 2.61. The second-order valence-corrected chi connectivity index (χ2v) is 8.70. The van der Waals surface area contributed by atoms with E-state index in [1.165, 1.54) is 12.1 Å². The first-order chi connectivity index (χ1) is 9.57. The van der Waals surface area contributed by atoms with Crippen LogP contribution in [0.25, 0.3) is 0 Å². The molecule has 0 atom stereocenters. The average Bonchev–Trinajstić information content (AvgIpc) is 2.52. The van der Waals surface area contributed by atoms with E-state index in [-0.39, 0.29) is 30.7 Å². The molecule has 0 spiro atoms. The van der Waals surface area contributed by atoms with E-state index in [1.807, 2.05) is 0 Å². The standard InChI is InChI=1S/C16H38O2Si2/c1-7-15(8-2,9-3)17-19-13-14-20-18-16(10-4,11-5)12-6/h7-14,19-20H2,1-6H3. The number of rotatable bonds is 13. The van der Waals surface area contributed by atoms with Gasteiger partial charge in [-0.25, -0.2) is 0 Å². The van der Waals surface area contributed by atoms with E-state index in [4.69, 9.17) is 8.85 Å². The molecular weight excluding hydrogens is 280 g/mol. The van der Waals surface area contributed by atoms with Crippen LogP contribution >= 0.6 is 0 Å². The maximum Gasteiger partial charge on any atom is 0.162 e. The van der Waals surface area contributed by atoms with Crippen molar-refractivity contribution in [2.45, 2.75) is 103 Å². The topological polar surface area (TPSA) is 18.5 Å². The molecule has 0 saturated carbocycles. The highest BCUT2D eigenvalue weighted by molar-refractivity contribution is 6.34. The summed E-state index contributed by atoms with van der Waals surface area (Å²) in [5.74, 6) is 0. The van der Waals surface area contributed by atoms with Crippen molar-refractivity contribution < 1.29 is 8.85 Å². The Kier molecular flexibility index (Phi) is 11.2. The molecule has 0 rings (SSSR count). The highest BCUT2D eigenvalue weighted by atomic mass is 28.2. The molecule has 0 amide bonds. The average molecular weight is 319 g/mol. The molecular formula is C16H38O2Si2. The molecule has 0 radical (unpaired) electrons. The molecule has 0 aromatic rings. The smallest absolute Gasteiger partial charge is 0.162 e. The van der Waals surface area contributed by atoms with Crippen LogP contribution in [0, 0.1) is 0 Å². The first-order valence-electron chi connectivity index (χ1n) is 8.85. The van der Waals surface area contributed by atoms with E-state index in [0.717, 1.165) is 38.5 Å². The molecule has 4 heteroatoms. The highest BCUT2D eigenvalue weighted by Gasteiger charge is 2.25. The lowest BCUT2D eigenvalue weighted by molar-refractivity contribution is 0.0575. The Balaban J connectivity index is 3.87. The lowest BCUT2D eigenvalue weighted by Crippen LogP contribution is -2.33. The van der Waals surface area contributed by atoms with Gasteiger partial charge in [0.05, 0.1) is 11.2 Å². The van der Waals surface area contributed by atoms with Crippen LogP contribution in [0.5, 0.6) is 0 Å². The summed E-state index contributed by atoms with van der Waals surface area (Å²) in [5.41, 5.74) is 0.378. The monoisotopic (exact) mass is 318 g/mol. The van der Waals surface area contributed by atoms with Gasteiger partial charge in [0.1, 0.15) is 0 Å². The maximum atomic E-state index is 6.29. The Hall–Kier alpha value is 0.354. The zero-order valence-corrected chi connectivity index (χ0v) is 17.7. The Morgan fingerprint density at radius 1 is 0.550 bits per heavy atom. The fraction of sp³-hybridized carbons (Fsp3) is 1.00. The molecule has 0 aromatic heterocycles. The molecule has 0 aliphatic carbocycles. The minimum Gasteiger partial charge on any atom is -0.419 e. The van der Waals surface area contributed by atoms with Crippen molar-refractivity contribution in [1.29, 1.82) is 0 Å². The van der Waals surface area contributed by atoms with Crippen LogP contribution in [0.4, 0.5) is 0 Å². The molecule has 122 valence electrons. The summed E-state index contributed by atoms with van der Waals surface area (Å²) in [4.78, 5) is 0. The SMILES string of the molecule is CCC(CC)(CC)O[SiH2]CC[SiH2]OC(CC)(CC)CC. The third-order valence-corrected chi connectivity index (χ3v) is 9.43. The number of hydrogen-bond acceptors (Lipinski definition) is 2. The van der Waals surface area contributed by atoms with Crippen LogP contribution < -0.4 is 0 Å². The third-order valence-electron chi connectivity index (χ3n) is 5.22. The lowest BCUT2D eigenvalue weighted by Gasteiger charge is -2.32. The summed E-state index contributed by atoms with van der Waals surface area (Å²) in [7, 11) is -0.708. The van der Waals surface area contributed by atoms with Crippen molar-refractivity contribution in [3.63, 3.8) is 0 Å². The van der Waals surface area contributed by atoms with Crippen molar-refractivity contribution in [3.05, 3.63) is 0 Å². The first kappa shape index (κ1) is 20.4. The quantitative estimate of drug-likeness (QED) is 0.378. The molecule has 0 aromatic carbocycles. The predicted molar refractivity (Wildman–Crippen MR) is 96.1 cm³/mol.